The van der Waals surface area contributed by atoms with E-state index in [-0.39, 0.29) is 11.4 Å². The third-order valence-corrected chi connectivity index (χ3v) is 3.34. The average Bonchev–Trinajstić information content (AvgIpc) is 2.81. The minimum absolute atomic E-state index is 0.119. The quantitative estimate of drug-likeness (QED) is 0.575. The Morgan fingerprint density at radius 1 is 1.29 bits per heavy atom. The van der Waals surface area contributed by atoms with Gasteiger partial charge in [0.2, 0.25) is 11.6 Å². The maximum Gasteiger partial charge on any atom is 0.416 e. The number of amides is 1. The third-order valence-electron chi connectivity index (χ3n) is 3.34. The highest BCUT2D eigenvalue weighted by Gasteiger charge is 2.30. The molecule has 24 heavy (non-hydrogen) atoms. The van der Waals surface area contributed by atoms with E-state index in [9.17, 15) is 28.3 Å². The second kappa shape index (κ2) is 6.81. The number of nitrogens with one attached hydrogen (secondary N) is 1. The molecule has 2 rings (SSSR count). The molecule has 130 valence electrons. The molecule has 0 saturated carbocycles. The SMILES string of the molecule is CCCCNC(=O)c1c(O)nc(-c2ccc(C(F)(F)F)cc2)n1O. The highest BCUT2D eigenvalue weighted by molar-refractivity contribution is 5.95. The van der Waals surface area contributed by atoms with Crippen molar-refractivity contribution in [2.75, 3.05) is 6.54 Å². The van der Waals surface area contributed by atoms with E-state index in [2.05, 4.69) is 10.3 Å². The van der Waals surface area contributed by atoms with Crippen LogP contribution >= 0.6 is 0 Å². The molecule has 0 bridgehead atoms. The number of hydrogen-bond acceptors (Lipinski definition) is 4. The van der Waals surface area contributed by atoms with Crippen LogP contribution in [0.15, 0.2) is 24.3 Å². The maximum absolute atomic E-state index is 12.6. The number of aromatic nitrogens is 2. The van der Waals surface area contributed by atoms with Gasteiger partial charge in [-0.05, 0) is 18.6 Å². The Bertz CT molecular complexity index is 724. The molecule has 9 heteroatoms. The van der Waals surface area contributed by atoms with E-state index in [0.717, 1.165) is 37.1 Å². The molecular weight excluding hydrogens is 327 g/mol. The third kappa shape index (κ3) is 3.61. The van der Waals surface area contributed by atoms with Gasteiger partial charge in [0.15, 0.2) is 5.82 Å². The lowest BCUT2D eigenvalue weighted by Crippen LogP contribution is -2.26. The van der Waals surface area contributed by atoms with E-state index in [4.69, 9.17) is 0 Å². The van der Waals surface area contributed by atoms with Crippen LogP contribution in [0.2, 0.25) is 0 Å². The van der Waals surface area contributed by atoms with Crippen LogP contribution in [0.25, 0.3) is 11.4 Å². The Kier molecular flexibility index (Phi) is 5.01. The molecule has 6 nitrogen and oxygen atoms in total. The number of imidazole rings is 1. The Morgan fingerprint density at radius 2 is 1.92 bits per heavy atom. The minimum Gasteiger partial charge on any atom is -0.492 e. The topological polar surface area (TPSA) is 87.4 Å². The van der Waals surface area contributed by atoms with Gasteiger partial charge >= 0.3 is 6.18 Å². The molecule has 1 heterocycles. The van der Waals surface area contributed by atoms with Crippen LogP contribution < -0.4 is 5.32 Å². The van der Waals surface area contributed by atoms with E-state index in [1.807, 2.05) is 6.92 Å². The van der Waals surface area contributed by atoms with Crippen molar-refractivity contribution in [1.29, 1.82) is 0 Å². The molecule has 0 unspecified atom stereocenters. The molecule has 0 aliphatic carbocycles. The highest BCUT2D eigenvalue weighted by atomic mass is 19.4. The second-order valence-corrected chi connectivity index (χ2v) is 5.10. The van der Waals surface area contributed by atoms with E-state index in [1.54, 1.807) is 0 Å². The monoisotopic (exact) mass is 343 g/mol. The van der Waals surface area contributed by atoms with Crippen LogP contribution in [-0.4, -0.2) is 32.5 Å². The molecule has 1 amide bonds. The van der Waals surface area contributed by atoms with Crippen LogP contribution in [0.4, 0.5) is 13.2 Å². The first kappa shape index (κ1) is 17.6. The molecular formula is C15H16F3N3O3. The molecule has 1 aromatic heterocycles. The number of unbranched alkanes of at least 4 members (excludes halogenated alkanes) is 1. The Hall–Kier alpha value is -2.71. The van der Waals surface area contributed by atoms with E-state index in [0.29, 0.717) is 11.3 Å². The first-order valence-corrected chi connectivity index (χ1v) is 7.22. The maximum atomic E-state index is 12.6. The van der Waals surface area contributed by atoms with Crippen LogP contribution in [-0.2, 0) is 6.18 Å². The zero-order valence-electron chi connectivity index (χ0n) is 12.8. The molecule has 0 spiro atoms. The molecule has 1 aromatic carbocycles. The van der Waals surface area contributed by atoms with Crippen molar-refractivity contribution in [3.63, 3.8) is 0 Å². The van der Waals surface area contributed by atoms with E-state index < -0.39 is 29.2 Å². The number of aromatic hydroxyl groups is 1. The van der Waals surface area contributed by atoms with Gasteiger partial charge in [-0.15, -0.1) is 0 Å². The molecule has 0 aliphatic rings. The zero-order valence-corrected chi connectivity index (χ0v) is 12.8. The first-order chi connectivity index (χ1) is 11.3. The summed E-state index contributed by atoms with van der Waals surface area (Å²) in [5.41, 5.74) is -1.21. The fourth-order valence-corrected chi connectivity index (χ4v) is 2.06. The fraction of sp³-hybridized carbons (Fsp3) is 0.333. The summed E-state index contributed by atoms with van der Waals surface area (Å²) in [4.78, 5) is 15.6. The number of benzene rings is 1. The molecule has 0 aliphatic heterocycles. The van der Waals surface area contributed by atoms with Crippen molar-refractivity contribution in [1.82, 2.24) is 15.0 Å². The molecule has 0 saturated heterocycles. The number of alkyl halides is 3. The predicted molar refractivity (Wildman–Crippen MR) is 78.8 cm³/mol. The van der Waals surface area contributed by atoms with Crippen molar-refractivity contribution < 1.29 is 28.3 Å². The van der Waals surface area contributed by atoms with Crippen molar-refractivity contribution in [2.24, 2.45) is 0 Å². The van der Waals surface area contributed by atoms with Gasteiger partial charge in [0.05, 0.1) is 5.56 Å². The summed E-state index contributed by atoms with van der Waals surface area (Å²) in [6.07, 6.45) is -2.92. The van der Waals surface area contributed by atoms with Crippen molar-refractivity contribution in [3.8, 4) is 17.3 Å². The summed E-state index contributed by atoms with van der Waals surface area (Å²) in [7, 11) is 0. The minimum atomic E-state index is -4.49. The largest absolute Gasteiger partial charge is 0.492 e. The highest BCUT2D eigenvalue weighted by Crippen LogP contribution is 2.31. The smallest absolute Gasteiger partial charge is 0.416 e. The Labute approximate surface area is 135 Å². The lowest BCUT2D eigenvalue weighted by Gasteiger charge is -2.08. The van der Waals surface area contributed by atoms with Gasteiger partial charge in [0.1, 0.15) is 0 Å². The van der Waals surface area contributed by atoms with Crippen LogP contribution in [0.5, 0.6) is 5.88 Å². The molecule has 2 aromatic rings. The standard InChI is InChI=1S/C15H16F3N3O3/c1-2-3-8-19-13(22)11-14(23)20-12(21(11)24)9-4-6-10(7-5-9)15(16,17)18/h4-7,23-24H,2-3,8H2,1H3,(H,19,22). The van der Waals surface area contributed by atoms with Crippen molar-refractivity contribution in [2.45, 2.75) is 25.9 Å². The summed E-state index contributed by atoms with van der Waals surface area (Å²) >= 11 is 0. The number of nitrogens with zero attached hydrogens (tertiary/aromatic N) is 2. The van der Waals surface area contributed by atoms with Gasteiger partial charge < -0.3 is 15.6 Å². The molecule has 0 atom stereocenters. The molecule has 0 fully saturated rings. The Balaban J connectivity index is 2.29. The van der Waals surface area contributed by atoms with E-state index in [1.165, 1.54) is 0 Å². The molecule has 3 N–H and O–H groups in total. The lowest BCUT2D eigenvalue weighted by atomic mass is 10.1. The van der Waals surface area contributed by atoms with Gasteiger partial charge in [-0.3, -0.25) is 4.79 Å². The first-order valence-electron chi connectivity index (χ1n) is 7.22. The number of carbonyl (C=O) groups excluding carboxylic acids is 1. The lowest BCUT2D eigenvalue weighted by molar-refractivity contribution is -0.137. The van der Waals surface area contributed by atoms with Crippen LogP contribution in [0.3, 0.4) is 0 Å². The molecule has 0 radical (unpaired) electrons. The Morgan fingerprint density at radius 3 is 2.46 bits per heavy atom. The normalized spacial score (nSPS) is 11.5. The summed E-state index contributed by atoms with van der Waals surface area (Å²) in [5.74, 6) is -1.67. The predicted octanol–water partition coefficient (Wildman–Crippen LogP) is 3.04. The fourth-order valence-electron chi connectivity index (χ4n) is 2.06. The van der Waals surface area contributed by atoms with Crippen molar-refractivity contribution >= 4 is 5.91 Å². The van der Waals surface area contributed by atoms with Gasteiger partial charge in [0, 0.05) is 12.1 Å². The summed E-state index contributed by atoms with van der Waals surface area (Å²) < 4.78 is 38.0. The van der Waals surface area contributed by atoms with Gasteiger partial charge in [-0.2, -0.15) is 22.9 Å². The average molecular weight is 343 g/mol. The van der Waals surface area contributed by atoms with E-state index >= 15 is 0 Å². The second-order valence-electron chi connectivity index (χ2n) is 5.10. The van der Waals surface area contributed by atoms with Crippen LogP contribution in [0, 0.1) is 0 Å². The number of rotatable bonds is 5. The van der Waals surface area contributed by atoms with Crippen molar-refractivity contribution in [3.05, 3.63) is 35.5 Å². The summed E-state index contributed by atoms with van der Waals surface area (Å²) in [5, 5.41) is 22.3. The van der Waals surface area contributed by atoms with Gasteiger partial charge in [0.25, 0.3) is 5.91 Å². The number of halogens is 3. The summed E-state index contributed by atoms with van der Waals surface area (Å²) in [6, 6.07) is 3.83. The van der Waals surface area contributed by atoms with Gasteiger partial charge in [-0.25, -0.2) is 0 Å². The number of hydrogen-bond donors (Lipinski definition) is 3. The zero-order chi connectivity index (χ0) is 17.9. The summed E-state index contributed by atoms with van der Waals surface area (Å²) in [6.45, 7) is 2.29. The number of carbonyl (C=O) groups is 1. The van der Waals surface area contributed by atoms with Crippen LogP contribution in [0.1, 0.15) is 35.8 Å². The van der Waals surface area contributed by atoms with Gasteiger partial charge in [-0.1, -0.05) is 25.5 Å².